The number of alkyl halides is 3. The van der Waals surface area contributed by atoms with Crippen LogP contribution in [0.1, 0.15) is 42.1 Å². The highest BCUT2D eigenvalue weighted by Crippen LogP contribution is 2.34. The van der Waals surface area contributed by atoms with Gasteiger partial charge in [0.25, 0.3) is 0 Å². The van der Waals surface area contributed by atoms with Crippen molar-refractivity contribution >= 4 is 0 Å². The Bertz CT molecular complexity index is 1580. The summed E-state index contributed by atoms with van der Waals surface area (Å²) in [7, 11) is 0. The summed E-state index contributed by atoms with van der Waals surface area (Å²) in [6.45, 7) is 3.64. The summed E-state index contributed by atoms with van der Waals surface area (Å²) in [4.78, 5) is 7.14. The van der Waals surface area contributed by atoms with Crippen molar-refractivity contribution in [1.29, 1.82) is 0 Å². The van der Waals surface area contributed by atoms with Gasteiger partial charge in [0.2, 0.25) is 0 Å². The topological polar surface area (TPSA) is 21.1 Å². The molecule has 0 amide bonds. The van der Waals surface area contributed by atoms with Gasteiger partial charge in [-0.2, -0.15) is 13.2 Å². The van der Waals surface area contributed by atoms with Crippen LogP contribution in [0, 0.1) is 5.82 Å². The van der Waals surface area contributed by atoms with Crippen LogP contribution < -0.4 is 0 Å². The zero-order valence-corrected chi connectivity index (χ0v) is 23.5. The molecule has 0 aliphatic rings. The van der Waals surface area contributed by atoms with Crippen molar-refractivity contribution in [3.05, 3.63) is 137 Å². The normalized spacial score (nSPS) is 11.8. The van der Waals surface area contributed by atoms with Crippen molar-refractivity contribution in [2.24, 2.45) is 0 Å². The van der Waals surface area contributed by atoms with Gasteiger partial charge in [0.05, 0.1) is 17.0 Å². The molecule has 216 valence electrons. The molecule has 0 aliphatic carbocycles. The summed E-state index contributed by atoms with van der Waals surface area (Å²) in [5.41, 5.74) is 3.42. The zero-order chi connectivity index (χ0) is 29.5. The summed E-state index contributed by atoms with van der Waals surface area (Å²) in [5.74, 6) is -0.390. The Kier molecular flexibility index (Phi) is 9.18. The van der Waals surface area contributed by atoms with E-state index in [4.69, 9.17) is 4.98 Å². The van der Waals surface area contributed by atoms with Crippen LogP contribution >= 0.6 is 0 Å². The Morgan fingerprint density at radius 2 is 1.33 bits per heavy atom. The molecule has 0 radical (unpaired) electrons. The molecule has 0 aliphatic heterocycles. The van der Waals surface area contributed by atoms with Gasteiger partial charge in [0.1, 0.15) is 11.6 Å². The maximum Gasteiger partial charge on any atom is 0.419 e. The van der Waals surface area contributed by atoms with Crippen LogP contribution in [0.15, 0.2) is 109 Å². The van der Waals surface area contributed by atoms with Crippen LogP contribution in [0.5, 0.6) is 0 Å². The third-order valence-electron chi connectivity index (χ3n) is 7.29. The fourth-order valence-electron chi connectivity index (χ4n) is 5.22. The van der Waals surface area contributed by atoms with Crippen molar-refractivity contribution in [2.75, 3.05) is 0 Å². The minimum atomic E-state index is -4.77. The van der Waals surface area contributed by atoms with Gasteiger partial charge in [-0.3, -0.25) is 4.90 Å². The van der Waals surface area contributed by atoms with Crippen LogP contribution in [-0.2, 0) is 32.4 Å². The molecule has 0 saturated carbocycles. The molecule has 0 unspecified atom stereocenters. The predicted octanol–water partition coefficient (Wildman–Crippen LogP) is 9.38. The minimum absolute atomic E-state index is 0.00148. The number of rotatable bonds is 11. The van der Waals surface area contributed by atoms with Gasteiger partial charge >= 0.3 is 6.18 Å². The second-order valence-electron chi connectivity index (χ2n) is 10.4. The van der Waals surface area contributed by atoms with E-state index in [0.717, 1.165) is 59.4 Å². The molecular formula is C35H33F4N3. The number of benzene rings is 4. The SMILES string of the molecule is CCCCn1c(-c2ccccc2)nc(-c2ccccc2)c1CN(Cc1ccccc1)Cc1cccc(C(F)(F)F)c1F. The first-order valence-corrected chi connectivity index (χ1v) is 14.2. The molecule has 5 rings (SSSR count). The van der Waals surface area contributed by atoms with Crippen LogP contribution in [0.25, 0.3) is 22.6 Å². The van der Waals surface area contributed by atoms with E-state index in [9.17, 15) is 13.2 Å². The number of imidazole rings is 1. The van der Waals surface area contributed by atoms with Gasteiger partial charge in [0, 0.05) is 42.9 Å². The molecule has 3 nitrogen and oxygen atoms in total. The van der Waals surface area contributed by atoms with E-state index in [1.165, 1.54) is 12.1 Å². The largest absolute Gasteiger partial charge is 0.419 e. The molecule has 0 fully saturated rings. The Morgan fingerprint density at radius 1 is 0.714 bits per heavy atom. The van der Waals surface area contributed by atoms with Crippen molar-refractivity contribution in [3.63, 3.8) is 0 Å². The maximum atomic E-state index is 15.3. The van der Waals surface area contributed by atoms with E-state index < -0.39 is 17.6 Å². The molecule has 1 aromatic heterocycles. The fraction of sp³-hybridized carbons (Fsp3) is 0.229. The smallest absolute Gasteiger partial charge is 0.326 e. The molecular weight excluding hydrogens is 538 g/mol. The van der Waals surface area contributed by atoms with Gasteiger partial charge in [-0.05, 0) is 18.1 Å². The van der Waals surface area contributed by atoms with E-state index in [1.807, 2.05) is 95.9 Å². The van der Waals surface area contributed by atoms with Crippen molar-refractivity contribution < 1.29 is 17.6 Å². The van der Waals surface area contributed by atoms with E-state index in [0.29, 0.717) is 13.1 Å². The van der Waals surface area contributed by atoms with Crippen molar-refractivity contribution in [2.45, 2.75) is 52.1 Å². The van der Waals surface area contributed by atoms with Crippen molar-refractivity contribution in [3.8, 4) is 22.6 Å². The molecule has 0 spiro atoms. The Balaban J connectivity index is 1.63. The average molecular weight is 572 g/mol. The van der Waals surface area contributed by atoms with Crippen LogP contribution in [0.4, 0.5) is 17.6 Å². The number of hydrogen-bond acceptors (Lipinski definition) is 2. The van der Waals surface area contributed by atoms with Gasteiger partial charge in [0.15, 0.2) is 0 Å². The lowest BCUT2D eigenvalue weighted by molar-refractivity contribution is -0.140. The maximum absolute atomic E-state index is 15.3. The summed E-state index contributed by atoms with van der Waals surface area (Å²) in [5, 5.41) is 0. The highest BCUT2D eigenvalue weighted by Gasteiger charge is 2.35. The predicted molar refractivity (Wildman–Crippen MR) is 159 cm³/mol. The molecule has 0 bridgehead atoms. The molecule has 4 aromatic carbocycles. The summed E-state index contributed by atoms with van der Waals surface area (Å²) >= 11 is 0. The number of halogens is 4. The first-order chi connectivity index (χ1) is 20.3. The molecule has 0 saturated heterocycles. The quantitative estimate of drug-likeness (QED) is 0.147. The zero-order valence-electron chi connectivity index (χ0n) is 23.5. The standard InChI is InChI=1S/C35H33F4N3/c1-2-3-22-42-31(33(27-16-9-5-10-17-27)40-34(42)28-18-11-6-12-19-28)25-41(23-26-14-7-4-8-15-26)24-29-20-13-21-30(32(29)36)35(37,38)39/h4-21H,2-3,22-25H2,1H3. The van der Waals surface area contributed by atoms with Crippen LogP contribution in [0.3, 0.4) is 0 Å². The van der Waals surface area contributed by atoms with Gasteiger partial charge < -0.3 is 4.57 Å². The minimum Gasteiger partial charge on any atom is -0.326 e. The summed E-state index contributed by atoms with van der Waals surface area (Å²) in [6.07, 6.45) is -2.86. The van der Waals surface area contributed by atoms with Gasteiger partial charge in [-0.25, -0.2) is 9.37 Å². The molecule has 0 atom stereocenters. The van der Waals surface area contributed by atoms with Gasteiger partial charge in [-0.1, -0.05) is 116 Å². The van der Waals surface area contributed by atoms with Crippen LogP contribution in [0.2, 0.25) is 0 Å². The highest BCUT2D eigenvalue weighted by molar-refractivity contribution is 5.68. The second kappa shape index (κ2) is 13.2. The van der Waals surface area contributed by atoms with Crippen LogP contribution in [-0.4, -0.2) is 14.5 Å². The molecule has 1 heterocycles. The third kappa shape index (κ3) is 6.80. The molecule has 42 heavy (non-hydrogen) atoms. The van der Waals surface area contributed by atoms with Crippen molar-refractivity contribution in [1.82, 2.24) is 14.5 Å². The Labute approximate surface area is 244 Å². The number of aromatic nitrogens is 2. The lowest BCUT2D eigenvalue weighted by Crippen LogP contribution is -2.25. The second-order valence-corrected chi connectivity index (χ2v) is 10.4. The van der Waals surface area contributed by atoms with Gasteiger partial charge in [-0.15, -0.1) is 0 Å². The Morgan fingerprint density at radius 3 is 1.95 bits per heavy atom. The first-order valence-electron chi connectivity index (χ1n) is 14.2. The average Bonchev–Trinajstić information content (AvgIpc) is 3.35. The molecule has 7 heteroatoms. The monoisotopic (exact) mass is 571 g/mol. The third-order valence-corrected chi connectivity index (χ3v) is 7.29. The number of hydrogen-bond donors (Lipinski definition) is 0. The number of nitrogens with zero attached hydrogens (tertiary/aromatic N) is 3. The van der Waals surface area contributed by atoms with E-state index in [2.05, 4.69) is 11.5 Å². The fourth-order valence-corrected chi connectivity index (χ4v) is 5.22. The van der Waals surface area contributed by atoms with E-state index in [1.54, 1.807) is 0 Å². The summed E-state index contributed by atoms with van der Waals surface area (Å²) < 4.78 is 58.2. The lowest BCUT2D eigenvalue weighted by Gasteiger charge is -2.25. The van der Waals surface area contributed by atoms with E-state index >= 15 is 4.39 Å². The molecule has 0 N–H and O–H groups in total. The molecule has 5 aromatic rings. The first kappa shape index (κ1) is 29.3. The summed E-state index contributed by atoms with van der Waals surface area (Å²) in [6, 6.07) is 33.1. The van der Waals surface area contributed by atoms with E-state index in [-0.39, 0.29) is 12.1 Å². The Hall–Kier alpha value is -4.23. The lowest BCUT2D eigenvalue weighted by atomic mass is 10.1. The highest BCUT2D eigenvalue weighted by atomic mass is 19.4. The number of unbranched alkanes of at least 4 members (excludes halogenated alkanes) is 1.